The van der Waals surface area contributed by atoms with Crippen molar-refractivity contribution in [3.63, 3.8) is 0 Å². The van der Waals surface area contributed by atoms with Gasteiger partial charge in [0.25, 0.3) is 0 Å². The summed E-state index contributed by atoms with van der Waals surface area (Å²) < 4.78 is 30.4. The number of ether oxygens (including phenoxy) is 1. The maximum Gasteiger partial charge on any atom is 0.235 e. The number of hydrogen-bond acceptors (Lipinski definition) is 4. The van der Waals surface area contributed by atoms with Gasteiger partial charge in [0, 0.05) is 19.7 Å². The first-order valence-electron chi connectivity index (χ1n) is 7.53. The molecule has 1 heterocycles. The second kappa shape index (κ2) is 8.49. The predicted octanol–water partition coefficient (Wildman–Crippen LogP) is 2.05. The fourth-order valence-electron chi connectivity index (χ4n) is 2.38. The van der Waals surface area contributed by atoms with Gasteiger partial charge in [0.1, 0.15) is 0 Å². The van der Waals surface area contributed by atoms with Crippen LogP contribution in [0.25, 0.3) is 0 Å². The monoisotopic (exact) mass is 394 g/mol. The minimum atomic E-state index is -3.55. The van der Waals surface area contributed by atoms with Gasteiger partial charge in [-0.25, -0.2) is 8.42 Å². The number of rotatable bonds is 7. The van der Waals surface area contributed by atoms with Gasteiger partial charge in [-0.2, -0.15) is 4.31 Å². The fraction of sp³-hybridized carbons (Fsp3) is 0.533. The lowest BCUT2D eigenvalue weighted by Gasteiger charge is -2.20. The van der Waals surface area contributed by atoms with Crippen molar-refractivity contribution in [3.8, 4) is 0 Å². The molecule has 1 aromatic rings. The quantitative estimate of drug-likeness (QED) is 0.767. The van der Waals surface area contributed by atoms with Crippen LogP contribution in [0, 0.1) is 0 Å². The number of sulfonamides is 1. The normalized spacial score (nSPS) is 18.1. The number of carbonyl (C=O) groups excluding carboxylic acids is 1. The molecule has 1 saturated heterocycles. The molecule has 1 amide bonds. The van der Waals surface area contributed by atoms with Crippen LogP contribution >= 0.6 is 23.2 Å². The van der Waals surface area contributed by atoms with Crippen molar-refractivity contribution in [2.45, 2.75) is 25.5 Å². The van der Waals surface area contributed by atoms with Crippen LogP contribution in [0.1, 0.15) is 18.4 Å². The van der Waals surface area contributed by atoms with Gasteiger partial charge in [0.05, 0.1) is 28.9 Å². The van der Waals surface area contributed by atoms with Crippen molar-refractivity contribution in [1.82, 2.24) is 9.62 Å². The summed E-state index contributed by atoms with van der Waals surface area (Å²) >= 11 is 11.8. The van der Waals surface area contributed by atoms with Crippen molar-refractivity contribution in [2.75, 3.05) is 26.0 Å². The number of halogens is 2. The summed E-state index contributed by atoms with van der Waals surface area (Å²) in [5.41, 5.74) is 0.654. The highest BCUT2D eigenvalue weighted by Crippen LogP contribution is 2.23. The molecule has 1 aromatic carbocycles. The first-order valence-corrected chi connectivity index (χ1v) is 10.1. The topological polar surface area (TPSA) is 75.7 Å². The Kier molecular flexibility index (Phi) is 6.88. The van der Waals surface area contributed by atoms with E-state index in [-0.39, 0.29) is 25.1 Å². The van der Waals surface area contributed by atoms with E-state index in [4.69, 9.17) is 27.9 Å². The first-order chi connectivity index (χ1) is 11.3. The van der Waals surface area contributed by atoms with Gasteiger partial charge in [-0.15, -0.1) is 0 Å². The highest BCUT2D eigenvalue weighted by molar-refractivity contribution is 7.88. The smallest absolute Gasteiger partial charge is 0.235 e. The molecule has 1 aliphatic heterocycles. The largest absolute Gasteiger partial charge is 0.376 e. The summed E-state index contributed by atoms with van der Waals surface area (Å²) in [6.07, 6.45) is 2.96. The summed E-state index contributed by atoms with van der Waals surface area (Å²) in [6.45, 7) is 0.880. The van der Waals surface area contributed by atoms with E-state index in [2.05, 4.69) is 5.32 Å². The third-order valence-corrected chi connectivity index (χ3v) is 5.62. The molecule has 1 atom stereocenters. The molecule has 9 heteroatoms. The Labute approximate surface area is 152 Å². The zero-order valence-electron chi connectivity index (χ0n) is 13.3. The van der Waals surface area contributed by atoms with E-state index in [0.29, 0.717) is 28.8 Å². The second-order valence-corrected chi connectivity index (χ2v) is 8.52. The highest BCUT2D eigenvalue weighted by atomic mass is 35.5. The Balaban J connectivity index is 1.97. The molecule has 0 bridgehead atoms. The molecule has 0 unspecified atom stereocenters. The molecule has 2 rings (SSSR count). The van der Waals surface area contributed by atoms with Crippen molar-refractivity contribution < 1.29 is 17.9 Å². The summed E-state index contributed by atoms with van der Waals surface area (Å²) in [4.78, 5) is 12.0. The molecule has 0 radical (unpaired) electrons. The number of nitrogens with zero attached hydrogens (tertiary/aromatic N) is 1. The molecule has 0 saturated carbocycles. The number of amides is 1. The van der Waals surface area contributed by atoms with Crippen LogP contribution in [0.2, 0.25) is 10.0 Å². The third kappa shape index (κ3) is 5.89. The van der Waals surface area contributed by atoms with Crippen molar-refractivity contribution >= 4 is 39.1 Å². The molecule has 6 nitrogen and oxygen atoms in total. The van der Waals surface area contributed by atoms with Crippen molar-refractivity contribution in [3.05, 3.63) is 33.8 Å². The Hall–Kier alpha value is -0.860. The van der Waals surface area contributed by atoms with Gasteiger partial charge < -0.3 is 10.1 Å². The lowest BCUT2D eigenvalue weighted by Crippen LogP contribution is -2.42. The molecule has 0 spiro atoms. The zero-order chi connectivity index (χ0) is 17.7. The molecule has 1 aliphatic rings. The van der Waals surface area contributed by atoms with Gasteiger partial charge in [-0.1, -0.05) is 29.3 Å². The van der Waals surface area contributed by atoms with Gasteiger partial charge in [0.15, 0.2) is 0 Å². The van der Waals surface area contributed by atoms with Gasteiger partial charge in [-0.05, 0) is 30.5 Å². The van der Waals surface area contributed by atoms with E-state index in [0.717, 1.165) is 23.4 Å². The van der Waals surface area contributed by atoms with Crippen molar-refractivity contribution in [2.24, 2.45) is 0 Å². The van der Waals surface area contributed by atoms with E-state index in [1.54, 1.807) is 18.2 Å². The molecule has 0 aromatic heterocycles. The van der Waals surface area contributed by atoms with E-state index in [1.165, 1.54) is 0 Å². The average molecular weight is 395 g/mol. The van der Waals surface area contributed by atoms with Gasteiger partial charge >= 0.3 is 0 Å². The van der Waals surface area contributed by atoms with E-state index in [1.807, 2.05) is 0 Å². The van der Waals surface area contributed by atoms with E-state index in [9.17, 15) is 13.2 Å². The summed E-state index contributed by atoms with van der Waals surface area (Å²) in [7, 11) is -3.55. The third-order valence-electron chi connectivity index (χ3n) is 3.68. The van der Waals surface area contributed by atoms with Crippen molar-refractivity contribution in [1.29, 1.82) is 0 Å². The van der Waals surface area contributed by atoms with Gasteiger partial charge in [-0.3, -0.25) is 4.79 Å². The molecule has 0 aliphatic carbocycles. The maximum absolute atomic E-state index is 12.0. The number of nitrogens with one attached hydrogen (secondary N) is 1. The minimum absolute atomic E-state index is 0.00991. The van der Waals surface area contributed by atoms with Crippen LogP contribution in [-0.4, -0.2) is 50.7 Å². The first kappa shape index (κ1) is 19.5. The molecular weight excluding hydrogens is 375 g/mol. The maximum atomic E-state index is 12.0. The molecule has 134 valence electrons. The van der Waals surface area contributed by atoms with E-state index < -0.39 is 10.0 Å². The van der Waals surface area contributed by atoms with Gasteiger partial charge in [0.2, 0.25) is 15.9 Å². The summed E-state index contributed by atoms with van der Waals surface area (Å²) in [5.74, 6) is -0.365. The van der Waals surface area contributed by atoms with Crippen LogP contribution in [0.15, 0.2) is 18.2 Å². The Morgan fingerprint density at radius 2 is 2.12 bits per heavy atom. The van der Waals surface area contributed by atoms with Crippen LogP contribution in [-0.2, 0) is 26.1 Å². The molecule has 24 heavy (non-hydrogen) atoms. The Morgan fingerprint density at radius 3 is 2.71 bits per heavy atom. The standard InChI is InChI=1S/C15H20Cl2N2O4S/c1-24(21,22)19(9-11-4-5-13(16)14(17)7-11)10-15(20)18-8-12-3-2-6-23-12/h4-5,7,12H,2-3,6,8-10H2,1H3,(H,18,20)/t12-/m1/s1. The molecule has 1 fully saturated rings. The van der Waals surface area contributed by atoms with Crippen LogP contribution in [0.4, 0.5) is 0 Å². The number of benzene rings is 1. The summed E-state index contributed by atoms with van der Waals surface area (Å²) in [5, 5.41) is 3.44. The molecule has 1 N–H and O–H groups in total. The summed E-state index contributed by atoms with van der Waals surface area (Å²) in [6, 6.07) is 4.86. The van der Waals surface area contributed by atoms with Crippen LogP contribution in [0.5, 0.6) is 0 Å². The lowest BCUT2D eigenvalue weighted by molar-refractivity contribution is -0.121. The van der Waals surface area contributed by atoms with Crippen LogP contribution in [0.3, 0.4) is 0 Å². The average Bonchev–Trinajstić information content (AvgIpc) is 3.00. The molecular formula is C15H20Cl2N2O4S. The highest BCUT2D eigenvalue weighted by Gasteiger charge is 2.22. The fourth-order valence-corrected chi connectivity index (χ4v) is 3.44. The lowest BCUT2D eigenvalue weighted by atomic mass is 10.2. The Bertz CT molecular complexity index is 691. The minimum Gasteiger partial charge on any atom is -0.376 e. The number of hydrogen-bond donors (Lipinski definition) is 1. The van der Waals surface area contributed by atoms with Crippen LogP contribution < -0.4 is 5.32 Å². The van der Waals surface area contributed by atoms with E-state index >= 15 is 0 Å². The zero-order valence-corrected chi connectivity index (χ0v) is 15.6. The second-order valence-electron chi connectivity index (χ2n) is 5.72. The Morgan fingerprint density at radius 1 is 1.38 bits per heavy atom. The number of carbonyl (C=O) groups is 1. The predicted molar refractivity (Wildman–Crippen MR) is 93.7 cm³/mol. The SMILES string of the molecule is CS(=O)(=O)N(CC(=O)NC[C@H]1CCCO1)Cc1ccc(Cl)c(Cl)c1.